The smallest absolute Gasteiger partial charge is 0.399 e. The molecule has 0 spiro atoms. The van der Waals surface area contributed by atoms with Gasteiger partial charge in [-0.15, -0.1) is 0 Å². The first-order chi connectivity index (χ1) is 14.6. The average Bonchev–Trinajstić information content (AvgIpc) is 3.11. The third-order valence-electron chi connectivity index (χ3n) is 6.12. The number of nitrogens with zero attached hydrogens (tertiary/aromatic N) is 3. The molecule has 0 bridgehead atoms. The van der Waals surface area contributed by atoms with Gasteiger partial charge in [0.2, 0.25) is 5.28 Å². The lowest BCUT2D eigenvalue weighted by Crippen LogP contribution is -2.35. The summed E-state index contributed by atoms with van der Waals surface area (Å²) in [5.41, 5.74) is 7.12. The van der Waals surface area contributed by atoms with Crippen molar-refractivity contribution in [2.24, 2.45) is 0 Å². The van der Waals surface area contributed by atoms with Crippen LogP contribution >= 0.6 is 11.6 Å². The number of halogens is 4. The molecule has 2 heterocycles. The van der Waals surface area contributed by atoms with Crippen LogP contribution in [-0.2, 0) is 19.3 Å². The maximum atomic E-state index is 13.2. The van der Waals surface area contributed by atoms with Crippen LogP contribution < -0.4 is 11.1 Å². The van der Waals surface area contributed by atoms with Crippen LogP contribution in [-0.4, -0.2) is 32.1 Å². The summed E-state index contributed by atoms with van der Waals surface area (Å²) in [6.45, 7) is 3.03. The van der Waals surface area contributed by atoms with Crippen molar-refractivity contribution in [3.8, 4) is 0 Å². The van der Waals surface area contributed by atoms with E-state index in [1.54, 1.807) is 6.92 Å². The topological polar surface area (TPSA) is 87.3 Å². The Bertz CT molecular complexity index is 963. The Morgan fingerprint density at radius 3 is 2.55 bits per heavy atom. The SMILES string of the molecule is C[C@@H](Nc1nc(Cl)nc2c1CN(C1CCC(O)CC1)C2)c1cc(N)cc(C(F)(F)F)c1. The maximum absolute atomic E-state index is 13.2. The molecule has 0 saturated heterocycles. The van der Waals surface area contributed by atoms with Gasteiger partial charge in [-0.1, -0.05) is 0 Å². The van der Waals surface area contributed by atoms with Gasteiger partial charge >= 0.3 is 6.18 Å². The van der Waals surface area contributed by atoms with E-state index in [0.29, 0.717) is 30.5 Å². The third kappa shape index (κ3) is 4.88. The number of anilines is 2. The Labute approximate surface area is 183 Å². The van der Waals surface area contributed by atoms with Crippen molar-refractivity contribution in [3.63, 3.8) is 0 Å². The normalized spacial score (nSPS) is 22.9. The van der Waals surface area contributed by atoms with Crippen LogP contribution in [0.1, 0.15) is 61.0 Å². The molecular formula is C21H25ClF3N5O. The zero-order valence-corrected chi connectivity index (χ0v) is 17.8. The molecule has 6 nitrogen and oxygen atoms in total. The minimum Gasteiger partial charge on any atom is -0.399 e. The van der Waals surface area contributed by atoms with Crippen molar-refractivity contribution in [1.29, 1.82) is 0 Å². The molecule has 10 heteroatoms. The van der Waals surface area contributed by atoms with Crippen molar-refractivity contribution in [3.05, 3.63) is 45.9 Å². The van der Waals surface area contributed by atoms with E-state index in [-0.39, 0.29) is 17.1 Å². The number of alkyl halides is 3. The van der Waals surface area contributed by atoms with Gasteiger partial charge in [0.05, 0.1) is 23.4 Å². The fourth-order valence-corrected chi connectivity index (χ4v) is 4.61. The molecule has 168 valence electrons. The molecule has 1 aromatic heterocycles. The Morgan fingerprint density at radius 2 is 1.87 bits per heavy atom. The number of hydrogen-bond donors (Lipinski definition) is 3. The first-order valence-corrected chi connectivity index (χ1v) is 10.7. The van der Waals surface area contributed by atoms with Gasteiger partial charge in [0.25, 0.3) is 0 Å². The molecule has 2 aromatic rings. The van der Waals surface area contributed by atoms with Gasteiger partial charge in [-0.3, -0.25) is 4.90 Å². The van der Waals surface area contributed by atoms with E-state index in [1.807, 2.05) is 0 Å². The molecule has 31 heavy (non-hydrogen) atoms. The predicted octanol–water partition coefficient (Wildman–Crippen LogP) is 4.52. The number of benzene rings is 1. The lowest BCUT2D eigenvalue weighted by molar-refractivity contribution is -0.137. The molecule has 4 rings (SSSR count). The molecule has 4 N–H and O–H groups in total. The molecule has 1 fully saturated rings. The quantitative estimate of drug-likeness (QED) is 0.464. The summed E-state index contributed by atoms with van der Waals surface area (Å²) in [6.07, 6.45) is -1.31. The lowest BCUT2D eigenvalue weighted by Gasteiger charge is -2.32. The van der Waals surface area contributed by atoms with E-state index in [4.69, 9.17) is 17.3 Å². The number of nitrogens with two attached hydrogens (primary N) is 1. The second-order valence-corrected chi connectivity index (χ2v) is 8.72. The molecule has 1 saturated carbocycles. The van der Waals surface area contributed by atoms with Crippen LogP contribution in [0.3, 0.4) is 0 Å². The van der Waals surface area contributed by atoms with Crippen LogP contribution in [0, 0.1) is 0 Å². The molecule has 0 amide bonds. The molecule has 1 aromatic carbocycles. The lowest BCUT2D eigenvalue weighted by atomic mass is 9.92. The zero-order valence-electron chi connectivity index (χ0n) is 17.1. The molecule has 1 aliphatic carbocycles. The van der Waals surface area contributed by atoms with Crippen LogP contribution in [0.5, 0.6) is 0 Å². The summed E-state index contributed by atoms with van der Waals surface area (Å²) in [5.74, 6) is 0.525. The number of nitrogens with one attached hydrogen (secondary N) is 1. The third-order valence-corrected chi connectivity index (χ3v) is 6.29. The maximum Gasteiger partial charge on any atom is 0.416 e. The predicted molar refractivity (Wildman–Crippen MR) is 112 cm³/mol. The van der Waals surface area contributed by atoms with E-state index in [9.17, 15) is 18.3 Å². The van der Waals surface area contributed by atoms with Crippen LogP contribution in [0.25, 0.3) is 0 Å². The van der Waals surface area contributed by atoms with Gasteiger partial charge in [0.15, 0.2) is 0 Å². The number of fused-ring (bicyclic) bond motifs is 1. The Kier molecular flexibility index (Phi) is 6.02. The van der Waals surface area contributed by atoms with Crippen molar-refractivity contribution >= 4 is 23.1 Å². The summed E-state index contributed by atoms with van der Waals surface area (Å²) in [6, 6.07) is 3.42. The van der Waals surface area contributed by atoms with E-state index >= 15 is 0 Å². The standard InChI is InChI=1S/C21H25ClF3N5O/c1-11(12-6-13(21(23,24)25)8-14(26)7-12)27-19-17-9-30(10-18(17)28-20(22)29-19)15-2-4-16(31)5-3-15/h6-8,11,15-16,31H,2-5,9-10,26H2,1H3,(H,27,28,29)/t11-,15?,16?/m1/s1. The van der Waals surface area contributed by atoms with Crippen LogP contribution in [0.15, 0.2) is 18.2 Å². The molecule has 0 radical (unpaired) electrons. The second-order valence-electron chi connectivity index (χ2n) is 8.39. The summed E-state index contributed by atoms with van der Waals surface area (Å²) in [5, 5.41) is 13.1. The van der Waals surface area contributed by atoms with Crippen molar-refractivity contribution < 1.29 is 18.3 Å². The summed E-state index contributed by atoms with van der Waals surface area (Å²) >= 11 is 6.14. The van der Waals surface area contributed by atoms with Crippen molar-refractivity contribution in [2.45, 2.75) is 70.1 Å². The summed E-state index contributed by atoms with van der Waals surface area (Å²) < 4.78 is 39.5. The Balaban J connectivity index is 1.55. The highest BCUT2D eigenvalue weighted by molar-refractivity contribution is 6.28. The van der Waals surface area contributed by atoms with E-state index in [1.165, 1.54) is 6.07 Å². The van der Waals surface area contributed by atoms with Gasteiger partial charge in [-0.25, -0.2) is 9.97 Å². The average molecular weight is 456 g/mol. The first-order valence-electron chi connectivity index (χ1n) is 10.3. The van der Waals surface area contributed by atoms with Gasteiger partial charge in [0, 0.05) is 30.4 Å². The number of rotatable bonds is 4. The number of aromatic nitrogens is 2. The molecule has 1 aliphatic heterocycles. The number of aliphatic hydroxyl groups excluding tert-OH is 1. The first kappa shape index (κ1) is 22.1. The minimum atomic E-state index is -4.47. The van der Waals surface area contributed by atoms with Crippen molar-refractivity contribution in [1.82, 2.24) is 14.9 Å². The number of hydrogen-bond acceptors (Lipinski definition) is 6. The summed E-state index contributed by atoms with van der Waals surface area (Å²) in [4.78, 5) is 11.0. The van der Waals surface area contributed by atoms with Crippen molar-refractivity contribution in [2.75, 3.05) is 11.1 Å². The highest BCUT2D eigenvalue weighted by Crippen LogP contribution is 2.36. The fraction of sp³-hybridized carbons (Fsp3) is 0.524. The van der Waals surface area contributed by atoms with Crippen LogP contribution in [0.4, 0.5) is 24.7 Å². The van der Waals surface area contributed by atoms with Gasteiger partial charge in [0.1, 0.15) is 5.82 Å². The van der Waals surface area contributed by atoms with Gasteiger partial charge in [-0.2, -0.15) is 13.2 Å². The van der Waals surface area contributed by atoms with E-state index in [2.05, 4.69) is 20.2 Å². The Morgan fingerprint density at radius 1 is 1.16 bits per heavy atom. The second kappa shape index (κ2) is 8.44. The Hall–Kier alpha value is -2.10. The monoisotopic (exact) mass is 455 g/mol. The highest BCUT2D eigenvalue weighted by Gasteiger charge is 2.33. The van der Waals surface area contributed by atoms with Gasteiger partial charge < -0.3 is 16.2 Å². The zero-order chi connectivity index (χ0) is 22.3. The molecule has 0 unspecified atom stereocenters. The fourth-order valence-electron chi connectivity index (χ4n) is 4.43. The van der Waals surface area contributed by atoms with Crippen LogP contribution in [0.2, 0.25) is 5.28 Å². The van der Waals surface area contributed by atoms with E-state index in [0.717, 1.165) is 49.1 Å². The van der Waals surface area contributed by atoms with Gasteiger partial charge in [-0.05, 0) is 68.0 Å². The minimum absolute atomic E-state index is 0.0510. The largest absolute Gasteiger partial charge is 0.416 e. The van der Waals surface area contributed by atoms with E-state index < -0.39 is 17.8 Å². The molecule has 2 aliphatic rings. The number of nitrogen functional groups attached to an aromatic ring is 1. The summed E-state index contributed by atoms with van der Waals surface area (Å²) in [7, 11) is 0. The molecule has 1 atom stereocenters. The number of aliphatic hydroxyl groups is 1. The molecular weight excluding hydrogens is 431 g/mol. The highest BCUT2D eigenvalue weighted by atomic mass is 35.5.